The van der Waals surface area contributed by atoms with Crippen molar-refractivity contribution in [3.63, 3.8) is 0 Å². The zero-order chi connectivity index (χ0) is 9.80. The fourth-order valence-corrected chi connectivity index (χ4v) is 1.58. The number of aromatic nitrogens is 1. The van der Waals surface area contributed by atoms with Crippen LogP contribution in [0.3, 0.4) is 0 Å². The summed E-state index contributed by atoms with van der Waals surface area (Å²) in [6.07, 6.45) is 3.80. The van der Waals surface area contributed by atoms with Crippen molar-refractivity contribution in [3.8, 4) is 0 Å². The molecule has 0 aliphatic carbocycles. The van der Waals surface area contributed by atoms with Crippen molar-refractivity contribution >= 4 is 11.5 Å². The molecule has 0 saturated carbocycles. The maximum Gasteiger partial charge on any atom is 0.128 e. The van der Waals surface area contributed by atoms with Crippen LogP contribution in [0.2, 0.25) is 0 Å². The summed E-state index contributed by atoms with van der Waals surface area (Å²) in [5.41, 5.74) is 6.40. The van der Waals surface area contributed by atoms with Gasteiger partial charge in [0.05, 0.1) is 0 Å². The van der Waals surface area contributed by atoms with E-state index in [0.717, 1.165) is 37.6 Å². The van der Waals surface area contributed by atoms with Crippen molar-refractivity contribution < 1.29 is 4.74 Å². The largest absolute Gasteiger partial charge is 0.399 e. The van der Waals surface area contributed by atoms with E-state index in [1.807, 2.05) is 6.07 Å². The number of rotatable bonds is 2. The summed E-state index contributed by atoms with van der Waals surface area (Å²) < 4.78 is 5.28. The van der Waals surface area contributed by atoms with E-state index in [4.69, 9.17) is 10.5 Å². The topological polar surface area (TPSA) is 60.2 Å². The van der Waals surface area contributed by atoms with Crippen molar-refractivity contribution in [2.75, 3.05) is 24.3 Å². The number of anilines is 2. The van der Waals surface area contributed by atoms with E-state index in [-0.39, 0.29) is 0 Å². The zero-order valence-corrected chi connectivity index (χ0v) is 8.07. The van der Waals surface area contributed by atoms with E-state index >= 15 is 0 Å². The Bertz CT molecular complexity index is 297. The Balaban J connectivity index is 1.95. The average Bonchev–Trinajstić information content (AvgIpc) is 2.19. The van der Waals surface area contributed by atoms with Crippen LogP contribution in [0.4, 0.5) is 11.5 Å². The molecule has 1 aromatic heterocycles. The van der Waals surface area contributed by atoms with Crippen molar-refractivity contribution in [2.45, 2.75) is 18.9 Å². The summed E-state index contributed by atoms with van der Waals surface area (Å²) in [5.74, 6) is 0.858. The molecule has 0 radical (unpaired) electrons. The van der Waals surface area contributed by atoms with Crippen LogP contribution in [0.15, 0.2) is 18.3 Å². The zero-order valence-electron chi connectivity index (χ0n) is 8.07. The predicted octanol–water partition coefficient (Wildman–Crippen LogP) is 1.25. The molecule has 1 aliphatic rings. The fraction of sp³-hybridized carbons (Fsp3) is 0.500. The van der Waals surface area contributed by atoms with Crippen molar-refractivity contribution in [1.82, 2.24) is 4.98 Å². The molecular formula is C10H15N3O. The first-order valence-corrected chi connectivity index (χ1v) is 4.90. The number of nitrogens with zero attached hydrogens (tertiary/aromatic N) is 1. The second-order valence-corrected chi connectivity index (χ2v) is 3.51. The number of hydrogen-bond acceptors (Lipinski definition) is 4. The molecule has 4 heteroatoms. The molecule has 3 N–H and O–H groups in total. The molecule has 2 heterocycles. The molecule has 0 unspecified atom stereocenters. The van der Waals surface area contributed by atoms with E-state index < -0.39 is 0 Å². The van der Waals surface area contributed by atoms with Gasteiger partial charge < -0.3 is 15.8 Å². The summed E-state index contributed by atoms with van der Waals surface area (Å²) in [7, 11) is 0. The fourth-order valence-electron chi connectivity index (χ4n) is 1.58. The summed E-state index contributed by atoms with van der Waals surface area (Å²) >= 11 is 0. The van der Waals surface area contributed by atoms with Crippen molar-refractivity contribution in [2.24, 2.45) is 0 Å². The second kappa shape index (κ2) is 4.28. The van der Waals surface area contributed by atoms with Gasteiger partial charge in [-0.2, -0.15) is 0 Å². The lowest BCUT2D eigenvalue weighted by Gasteiger charge is -2.23. The van der Waals surface area contributed by atoms with E-state index in [0.29, 0.717) is 6.04 Å². The molecular weight excluding hydrogens is 178 g/mol. The molecule has 1 aromatic rings. The quantitative estimate of drug-likeness (QED) is 0.742. The average molecular weight is 193 g/mol. The molecule has 4 nitrogen and oxygen atoms in total. The molecule has 2 rings (SSSR count). The van der Waals surface area contributed by atoms with Gasteiger partial charge in [-0.05, 0) is 18.9 Å². The molecule has 76 valence electrons. The maximum atomic E-state index is 5.66. The van der Waals surface area contributed by atoms with Gasteiger partial charge in [0.25, 0.3) is 0 Å². The third kappa shape index (κ3) is 2.35. The third-order valence-electron chi connectivity index (χ3n) is 2.36. The molecule has 0 aromatic carbocycles. The molecule has 1 aliphatic heterocycles. The molecule has 0 bridgehead atoms. The minimum Gasteiger partial charge on any atom is -0.399 e. The smallest absolute Gasteiger partial charge is 0.128 e. The highest BCUT2D eigenvalue weighted by Gasteiger charge is 2.13. The van der Waals surface area contributed by atoms with Crippen LogP contribution in [-0.2, 0) is 4.74 Å². The monoisotopic (exact) mass is 193 g/mol. The first kappa shape index (κ1) is 9.27. The minimum absolute atomic E-state index is 0.470. The lowest BCUT2D eigenvalue weighted by Crippen LogP contribution is -2.28. The van der Waals surface area contributed by atoms with Crippen LogP contribution >= 0.6 is 0 Å². The van der Waals surface area contributed by atoms with Gasteiger partial charge >= 0.3 is 0 Å². The minimum atomic E-state index is 0.470. The Morgan fingerprint density at radius 1 is 1.43 bits per heavy atom. The normalized spacial score (nSPS) is 18.0. The Kier molecular flexibility index (Phi) is 2.84. The summed E-state index contributed by atoms with van der Waals surface area (Å²) in [5, 5.41) is 3.35. The van der Waals surface area contributed by atoms with Crippen molar-refractivity contribution in [1.29, 1.82) is 0 Å². The highest BCUT2D eigenvalue weighted by molar-refractivity contribution is 5.48. The van der Waals surface area contributed by atoms with Gasteiger partial charge in [0.15, 0.2) is 0 Å². The van der Waals surface area contributed by atoms with Gasteiger partial charge in [-0.3, -0.25) is 0 Å². The van der Waals surface area contributed by atoms with Crippen LogP contribution in [0.1, 0.15) is 12.8 Å². The summed E-state index contributed by atoms with van der Waals surface area (Å²) in [4.78, 5) is 4.20. The number of hydrogen-bond donors (Lipinski definition) is 2. The number of nitrogens with two attached hydrogens (primary N) is 1. The summed E-state index contributed by atoms with van der Waals surface area (Å²) in [6, 6.07) is 4.11. The van der Waals surface area contributed by atoms with E-state index in [9.17, 15) is 0 Å². The molecule has 1 saturated heterocycles. The first-order chi connectivity index (χ1) is 6.84. The Morgan fingerprint density at radius 3 is 2.93 bits per heavy atom. The van der Waals surface area contributed by atoms with Gasteiger partial charge in [0.2, 0.25) is 0 Å². The van der Waals surface area contributed by atoms with Gasteiger partial charge in [0.1, 0.15) is 5.82 Å². The third-order valence-corrected chi connectivity index (χ3v) is 2.36. The standard InChI is InChI=1S/C10H15N3O/c11-8-1-4-12-10(7-8)13-9-2-5-14-6-3-9/h1,4,7,9H,2-3,5-6H2,(H3,11,12,13). The molecule has 0 spiro atoms. The molecule has 0 amide bonds. The molecule has 1 fully saturated rings. The number of pyridine rings is 1. The first-order valence-electron chi connectivity index (χ1n) is 4.90. The van der Waals surface area contributed by atoms with Crippen LogP contribution in [0.5, 0.6) is 0 Å². The van der Waals surface area contributed by atoms with Crippen LogP contribution < -0.4 is 11.1 Å². The Morgan fingerprint density at radius 2 is 2.21 bits per heavy atom. The highest BCUT2D eigenvalue weighted by Crippen LogP contribution is 2.14. The van der Waals surface area contributed by atoms with E-state index in [1.54, 1.807) is 12.3 Å². The number of nitrogen functional groups attached to an aromatic ring is 1. The van der Waals surface area contributed by atoms with Crippen molar-refractivity contribution in [3.05, 3.63) is 18.3 Å². The number of nitrogens with one attached hydrogen (secondary N) is 1. The lowest BCUT2D eigenvalue weighted by molar-refractivity contribution is 0.0904. The SMILES string of the molecule is Nc1ccnc(NC2CCOCC2)c1. The van der Waals surface area contributed by atoms with Crippen LogP contribution in [-0.4, -0.2) is 24.2 Å². The van der Waals surface area contributed by atoms with E-state index in [1.165, 1.54) is 0 Å². The second-order valence-electron chi connectivity index (χ2n) is 3.51. The van der Waals surface area contributed by atoms with Gasteiger partial charge in [-0.25, -0.2) is 4.98 Å². The Labute approximate surface area is 83.5 Å². The molecule has 0 atom stereocenters. The van der Waals surface area contributed by atoms with Crippen LogP contribution in [0, 0.1) is 0 Å². The van der Waals surface area contributed by atoms with E-state index in [2.05, 4.69) is 10.3 Å². The Hall–Kier alpha value is -1.29. The van der Waals surface area contributed by atoms with Gasteiger partial charge in [0, 0.05) is 37.2 Å². The highest BCUT2D eigenvalue weighted by atomic mass is 16.5. The molecule has 14 heavy (non-hydrogen) atoms. The van der Waals surface area contributed by atoms with Crippen LogP contribution in [0.25, 0.3) is 0 Å². The lowest BCUT2D eigenvalue weighted by atomic mass is 10.1. The summed E-state index contributed by atoms with van der Waals surface area (Å²) in [6.45, 7) is 1.67. The maximum absolute atomic E-state index is 5.66. The number of ether oxygens (including phenoxy) is 1. The predicted molar refractivity (Wildman–Crippen MR) is 56.1 cm³/mol. The van der Waals surface area contributed by atoms with Gasteiger partial charge in [-0.1, -0.05) is 0 Å². The van der Waals surface area contributed by atoms with Gasteiger partial charge in [-0.15, -0.1) is 0 Å².